The number of hydrogen-bond donors (Lipinski definition) is 1. The Morgan fingerprint density at radius 3 is 2.74 bits per heavy atom. The molecule has 1 heterocycles. The van der Waals surface area contributed by atoms with Gasteiger partial charge in [-0.25, -0.2) is 0 Å². The van der Waals surface area contributed by atoms with E-state index in [-0.39, 0.29) is 11.1 Å². The van der Waals surface area contributed by atoms with Crippen LogP contribution < -0.4 is 10.1 Å². The minimum absolute atomic E-state index is 0.354. The molecule has 1 saturated heterocycles. The van der Waals surface area contributed by atoms with E-state index < -0.39 is 0 Å². The van der Waals surface area contributed by atoms with Crippen molar-refractivity contribution >= 4 is 40.6 Å². The first kappa shape index (κ1) is 16.4. The fraction of sp³-hybridized carbons (Fsp3) is 0.412. The molecule has 3 rings (SSSR count). The minimum Gasteiger partial charge on any atom is -0.494 e. The van der Waals surface area contributed by atoms with E-state index >= 15 is 0 Å². The van der Waals surface area contributed by atoms with Gasteiger partial charge in [0.05, 0.1) is 16.5 Å². The van der Waals surface area contributed by atoms with Gasteiger partial charge in [0, 0.05) is 0 Å². The Morgan fingerprint density at radius 1 is 1.30 bits per heavy atom. The number of carbonyl (C=O) groups is 2. The fourth-order valence-corrected chi connectivity index (χ4v) is 3.82. The average molecular weight is 352 g/mol. The molecule has 2 amide bonds. The summed E-state index contributed by atoms with van der Waals surface area (Å²) in [7, 11) is 0. The van der Waals surface area contributed by atoms with Crippen molar-refractivity contribution in [2.75, 3.05) is 6.61 Å². The van der Waals surface area contributed by atoms with Gasteiger partial charge in [0.25, 0.3) is 11.1 Å². The van der Waals surface area contributed by atoms with Crippen LogP contribution in [0.1, 0.15) is 37.7 Å². The van der Waals surface area contributed by atoms with Crippen LogP contribution in [0.3, 0.4) is 0 Å². The topological polar surface area (TPSA) is 55.4 Å². The van der Waals surface area contributed by atoms with Gasteiger partial charge < -0.3 is 4.74 Å². The molecular weight excluding hydrogens is 334 g/mol. The Balaban J connectivity index is 1.60. The molecule has 1 aliphatic heterocycles. The van der Waals surface area contributed by atoms with Crippen LogP contribution in [-0.4, -0.2) is 17.8 Å². The molecule has 0 spiro atoms. The fourth-order valence-electron chi connectivity index (χ4n) is 2.92. The molecule has 0 radical (unpaired) electrons. The maximum absolute atomic E-state index is 11.5. The summed E-state index contributed by atoms with van der Waals surface area (Å²) in [5, 5.41) is 2.37. The molecule has 1 aliphatic carbocycles. The largest absolute Gasteiger partial charge is 0.494 e. The van der Waals surface area contributed by atoms with Gasteiger partial charge in [-0.3, -0.25) is 14.9 Å². The molecule has 122 valence electrons. The first-order chi connectivity index (χ1) is 11.1. The molecule has 1 N–H and O–H groups in total. The molecule has 1 saturated carbocycles. The monoisotopic (exact) mass is 351 g/mol. The minimum atomic E-state index is -0.382. The second-order valence-corrected chi connectivity index (χ2v) is 7.25. The van der Waals surface area contributed by atoms with E-state index in [1.54, 1.807) is 18.2 Å². The van der Waals surface area contributed by atoms with Gasteiger partial charge in [0.1, 0.15) is 5.75 Å². The summed E-state index contributed by atoms with van der Waals surface area (Å²) in [6.45, 7) is 0.703. The third-order valence-corrected chi connectivity index (χ3v) is 5.31. The second kappa shape index (κ2) is 7.41. The van der Waals surface area contributed by atoms with Crippen LogP contribution in [0.15, 0.2) is 23.1 Å². The van der Waals surface area contributed by atoms with Crippen molar-refractivity contribution in [3.8, 4) is 5.75 Å². The number of hydrogen-bond acceptors (Lipinski definition) is 4. The standard InChI is InChI=1S/C17H18ClNO3S/c18-14-10-13(22-8-7-11-3-1-2-4-11)6-5-12(14)9-15-16(20)19-17(21)23-15/h5-6,9-11H,1-4,7-8H2,(H,19,20,21)/b15-9-. The summed E-state index contributed by atoms with van der Waals surface area (Å²) >= 11 is 7.13. The Kier molecular flexibility index (Phi) is 5.28. The van der Waals surface area contributed by atoms with Crippen LogP contribution in [0.25, 0.3) is 6.08 Å². The zero-order valence-corrected chi connectivity index (χ0v) is 14.2. The molecule has 1 aromatic carbocycles. The van der Waals surface area contributed by atoms with E-state index in [1.165, 1.54) is 25.7 Å². The first-order valence-electron chi connectivity index (χ1n) is 7.79. The predicted octanol–water partition coefficient (Wildman–Crippen LogP) is 4.62. The maximum atomic E-state index is 11.5. The van der Waals surface area contributed by atoms with Crippen molar-refractivity contribution < 1.29 is 14.3 Å². The Hall–Kier alpha value is -1.46. The highest BCUT2D eigenvalue weighted by atomic mass is 35.5. The number of thioether (sulfide) groups is 1. The average Bonchev–Trinajstić information content (AvgIpc) is 3.12. The van der Waals surface area contributed by atoms with Crippen LogP contribution in [0, 0.1) is 5.92 Å². The van der Waals surface area contributed by atoms with Gasteiger partial charge in [-0.05, 0) is 53.9 Å². The van der Waals surface area contributed by atoms with E-state index in [1.807, 2.05) is 6.07 Å². The summed E-state index contributed by atoms with van der Waals surface area (Å²) in [6.07, 6.45) is 8.02. The molecule has 0 unspecified atom stereocenters. The molecule has 0 bridgehead atoms. The smallest absolute Gasteiger partial charge is 0.290 e. The van der Waals surface area contributed by atoms with E-state index in [0.29, 0.717) is 22.1 Å². The lowest BCUT2D eigenvalue weighted by Crippen LogP contribution is -2.17. The summed E-state index contributed by atoms with van der Waals surface area (Å²) in [5.41, 5.74) is 0.696. The summed E-state index contributed by atoms with van der Waals surface area (Å²) in [4.78, 5) is 23.1. The van der Waals surface area contributed by atoms with Crippen LogP contribution in [0.5, 0.6) is 5.75 Å². The van der Waals surface area contributed by atoms with Gasteiger partial charge in [0.2, 0.25) is 0 Å². The third kappa shape index (κ3) is 4.30. The highest BCUT2D eigenvalue weighted by Crippen LogP contribution is 2.31. The number of halogens is 1. The maximum Gasteiger partial charge on any atom is 0.290 e. The molecular formula is C17H18ClNO3S. The number of ether oxygens (including phenoxy) is 1. The SMILES string of the molecule is O=C1NC(=O)/C(=C/c2ccc(OCCC3CCCC3)cc2Cl)S1. The molecule has 0 aromatic heterocycles. The second-order valence-electron chi connectivity index (χ2n) is 5.82. The molecule has 0 atom stereocenters. The van der Waals surface area contributed by atoms with Gasteiger partial charge in [-0.1, -0.05) is 37.3 Å². The zero-order valence-electron chi connectivity index (χ0n) is 12.6. The lowest BCUT2D eigenvalue weighted by atomic mass is 10.1. The van der Waals surface area contributed by atoms with Crippen LogP contribution in [0.2, 0.25) is 5.02 Å². The van der Waals surface area contributed by atoms with E-state index in [4.69, 9.17) is 16.3 Å². The Morgan fingerprint density at radius 2 is 2.09 bits per heavy atom. The van der Waals surface area contributed by atoms with E-state index in [0.717, 1.165) is 29.9 Å². The Bertz CT molecular complexity index is 653. The number of nitrogens with one attached hydrogen (secondary N) is 1. The van der Waals surface area contributed by atoms with Crippen molar-refractivity contribution in [2.24, 2.45) is 5.92 Å². The first-order valence-corrected chi connectivity index (χ1v) is 8.98. The number of imide groups is 1. The quantitative estimate of drug-likeness (QED) is 0.786. The summed E-state index contributed by atoms with van der Waals surface area (Å²) < 4.78 is 5.77. The van der Waals surface area contributed by atoms with Gasteiger partial charge in [-0.2, -0.15) is 0 Å². The lowest BCUT2D eigenvalue weighted by Gasteiger charge is -2.11. The van der Waals surface area contributed by atoms with E-state index in [9.17, 15) is 9.59 Å². The summed E-state index contributed by atoms with van der Waals surface area (Å²) in [5.74, 6) is 1.15. The van der Waals surface area contributed by atoms with Gasteiger partial charge >= 0.3 is 0 Å². The van der Waals surface area contributed by atoms with Crippen LogP contribution in [0.4, 0.5) is 4.79 Å². The molecule has 4 nitrogen and oxygen atoms in total. The van der Waals surface area contributed by atoms with Crippen molar-refractivity contribution in [3.05, 3.63) is 33.7 Å². The number of rotatable bonds is 5. The number of carbonyl (C=O) groups excluding carboxylic acids is 2. The van der Waals surface area contributed by atoms with Crippen LogP contribution >= 0.6 is 23.4 Å². The van der Waals surface area contributed by atoms with Gasteiger partial charge in [0.15, 0.2) is 0 Å². The van der Waals surface area contributed by atoms with Crippen LogP contribution in [-0.2, 0) is 4.79 Å². The highest BCUT2D eigenvalue weighted by molar-refractivity contribution is 8.18. The number of amides is 2. The van der Waals surface area contributed by atoms with Gasteiger partial charge in [-0.15, -0.1) is 0 Å². The third-order valence-electron chi connectivity index (χ3n) is 4.17. The molecule has 1 aromatic rings. The Labute approximate surface area is 144 Å². The molecule has 23 heavy (non-hydrogen) atoms. The molecule has 2 aliphatic rings. The number of benzene rings is 1. The van der Waals surface area contributed by atoms with Crippen molar-refractivity contribution in [2.45, 2.75) is 32.1 Å². The summed E-state index contributed by atoms with van der Waals surface area (Å²) in [6, 6.07) is 5.39. The lowest BCUT2D eigenvalue weighted by molar-refractivity contribution is -0.115. The van der Waals surface area contributed by atoms with Crippen molar-refractivity contribution in [1.82, 2.24) is 5.32 Å². The van der Waals surface area contributed by atoms with Crippen molar-refractivity contribution in [1.29, 1.82) is 0 Å². The van der Waals surface area contributed by atoms with E-state index in [2.05, 4.69) is 5.32 Å². The molecule has 2 fully saturated rings. The normalized spacial score (nSPS) is 20.3. The highest BCUT2D eigenvalue weighted by Gasteiger charge is 2.25. The predicted molar refractivity (Wildman–Crippen MR) is 92.6 cm³/mol. The molecule has 6 heteroatoms. The zero-order chi connectivity index (χ0) is 16.2. The van der Waals surface area contributed by atoms with Crippen molar-refractivity contribution in [3.63, 3.8) is 0 Å².